The van der Waals surface area contributed by atoms with Crippen LogP contribution in [0.25, 0.3) is 0 Å². The average molecular weight is 423 g/mol. The van der Waals surface area contributed by atoms with Crippen molar-refractivity contribution in [2.75, 3.05) is 26.2 Å². The van der Waals surface area contributed by atoms with E-state index in [1.807, 2.05) is 0 Å². The van der Waals surface area contributed by atoms with Crippen LogP contribution in [0.15, 0.2) is 0 Å². The number of amides is 6. The van der Waals surface area contributed by atoms with E-state index >= 15 is 0 Å². The molecule has 0 aromatic rings. The average Bonchev–Trinajstić information content (AvgIpc) is 3.08. The van der Waals surface area contributed by atoms with Crippen LogP contribution in [-0.4, -0.2) is 59.9 Å². The summed E-state index contributed by atoms with van der Waals surface area (Å²) in [6.07, 6.45) is 12.5. The quantitative estimate of drug-likeness (QED) is 0.555. The van der Waals surface area contributed by atoms with Crippen molar-refractivity contribution in [1.29, 1.82) is 0 Å². The molecule has 0 aromatic heterocycles. The van der Waals surface area contributed by atoms with Crippen molar-refractivity contribution in [2.24, 2.45) is 0 Å². The van der Waals surface area contributed by atoms with Crippen LogP contribution >= 0.6 is 0 Å². The first kappa shape index (κ1) is 24.2. The van der Waals surface area contributed by atoms with E-state index in [1.54, 1.807) is 0 Å². The second-order valence-corrected chi connectivity index (χ2v) is 8.30. The van der Waals surface area contributed by atoms with Crippen LogP contribution in [-0.2, 0) is 9.59 Å². The Balaban J connectivity index is 1.43. The minimum atomic E-state index is -0.250. The fraction of sp³-hybridized carbons (Fsp3) is 0.818. The van der Waals surface area contributed by atoms with Gasteiger partial charge in [0.1, 0.15) is 0 Å². The molecule has 2 fully saturated rings. The summed E-state index contributed by atoms with van der Waals surface area (Å²) >= 11 is 0. The lowest BCUT2D eigenvalue weighted by atomic mass is 10.1. The number of nitrogens with one attached hydrogen (secondary N) is 2. The zero-order chi connectivity index (χ0) is 21.6. The molecule has 2 N–H and O–H groups in total. The highest BCUT2D eigenvalue weighted by Crippen LogP contribution is 2.12. The molecule has 8 heteroatoms. The van der Waals surface area contributed by atoms with Gasteiger partial charge in [0.25, 0.3) is 0 Å². The minimum absolute atomic E-state index is 0.0581. The van der Waals surface area contributed by atoms with Crippen molar-refractivity contribution in [3.63, 3.8) is 0 Å². The maximum atomic E-state index is 12.1. The zero-order valence-electron chi connectivity index (χ0n) is 18.3. The van der Waals surface area contributed by atoms with Crippen LogP contribution in [0.2, 0.25) is 0 Å². The normalized spacial score (nSPS) is 18.0. The third-order valence-electron chi connectivity index (χ3n) is 5.79. The zero-order valence-corrected chi connectivity index (χ0v) is 18.3. The first-order valence-electron chi connectivity index (χ1n) is 11.8. The van der Waals surface area contributed by atoms with Crippen LogP contribution in [0.3, 0.4) is 0 Å². The number of carbonyl (C=O) groups is 4. The van der Waals surface area contributed by atoms with Crippen molar-refractivity contribution in [1.82, 2.24) is 20.4 Å². The fourth-order valence-electron chi connectivity index (χ4n) is 3.93. The van der Waals surface area contributed by atoms with Crippen LogP contribution in [0.1, 0.15) is 89.9 Å². The van der Waals surface area contributed by atoms with E-state index < -0.39 is 0 Å². The van der Waals surface area contributed by atoms with Gasteiger partial charge in [0.2, 0.25) is 11.8 Å². The van der Waals surface area contributed by atoms with Gasteiger partial charge in [0.15, 0.2) is 0 Å². The van der Waals surface area contributed by atoms with E-state index in [2.05, 4.69) is 10.6 Å². The lowest BCUT2D eigenvalue weighted by Crippen LogP contribution is -2.43. The maximum Gasteiger partial charge on any atom is 0.324 e. The summed E-state index contributed by atoms with van der Waals surface area (Å²) in [5.41, 5.74) is 0. The molecule has 30 heavy (non-hydrogen) atoms. The molecule has 2 rings (SSSR count). The molecule has 0 radical (unpaired) electrons. The monoisotopic (exact) mass is 422 g/mol. The third kappa shape index (κ3) is 8.71. The third-order valence-corrected chi connectivity index (χ3v) is 5.79. The van der Waals surface area contributed by atoms with Gasteiger partial charge in [-0.15, -0.1) is 0 Å². The topological polar surface area (TPSA) is 98.8 Å². The smallest absolute Gasteiger partial charge is 0.324 e. The van der Waals surface area contributed by atoms with E-state index in [0.717, 1.165) is 77.0 Å². The number of nitrogens with zero attached hydrogens (tertiary/aromatic N) is 2. The predicted molar refractivity (Wildman–Crippen MR) is 115 cm³/mol. The number of carbonyl (C=O) groups excluding carboxylic acids is 4. The standard InChI is InChI=1S/C22H38N4O4/c27-19-13-7-5-11-17-25(19)21(29)23-15-9-3-1-2-4-10-16-24-22(30)26-18-12-6-8-14-20(26)28/h1-18H2,(H,23,29)(H,24,30). The molecule has 2 aliphatic rings. The maximum absolute atomic E-state index is 12.1. The van der Waals surface area contributed by atoms with Crippen LogP contribution in [0.4, 0.5) is 9.59 Å². The molecule has 0 aromatic carbocycles. The minimum Gasteiger partial charge on any atom is -0.338 e. The second kappa shape index (κ2) is 14.0. The molecule has 0 aliphatic carbocycles. The van der Waals surface area contributed by atoms with Crippen LogP contribution in [0, 0.1) is 0 Å². The molecule has 170 valence electrons. The molecule has 2 aliphatic heterocycles. The number of hydrogen-bond acceptors (Lipinski definition) is 4. The van der Waals surface area contributed by atoms with Gasteiger partial charge in [0, 0.05) is 39.0 Å². The molecule has 2 saturated heterocycles. The van der Waals surface area contributed by atoms with Crippen molar-refractivity contribution in [3.8, 4) is 0 Å². The second-order valence-electron chi connectivity index (χ2n) is 8.30. The van der Waals surface area contributed by atoms with Gasteiger partial charge in [-0.2, -0.15) is 0 Å². The molecule has 0 atom stereocenters. The summed E-state index contributed by atoms with van der Waals surface area (Å²) in [7, 11) is 0. The van der Waals surface area contributed by atoms with E-state index in [9.17, 15) is 19.2 Å². The van der Waals surface area contributed by atoms with E-state index in [-0.39, 0.29) is 23.9 Å². The summed E-state index contributed by atoms with van der Waals surface area (Å²) in [5.74, 6) is -0.116. The van der Waals surface area contributed by atoms with Gasteiger partial charge in [-0.25, -0.2) is 9.59 Å². The highest BCUT2D eigenvalue weighted by Gasteiger charge is 2.23. The molecule has 8 nitrogen and oxygen atoms in total. The first-order chi connectivity index (χ1) is 14.6. The number of likely N-dealkylation sites (tertiary alicyclic amines) is 2. The number of rotatable bonds is 9. The molecule has 6 amide bonds. The van der Waals surface area contributed by atoms with Crippen LogP contribution in [0.5, 0.6) is 0 Å². The van der Waals surface area contributed by atoms with Crippen molar-refractivity contribution >= 4 is 23.9 Å². The van der Waals surface area contributed by atoms with E-state index in [4.69, 9.17) is 0 Å². The summed E-state index contributed by atoms with van der Waals surface area (Å²) < 4.78 is 0. The fourth-order valence-corrected chi connectivity index (χ4v) is 3.93. The van der Waals surface area contributed by atoms with E-state index in [1.165, 1.54) is 9.80 Å². The van der Waals surface area contributed by atoms with Gasteiger partial charge in [-0.05, 0) is 38.5 Å². The molecule has 0 unspecified atom stereocenters. The highest BCUT2D eigenvalue weighted by atomic mass is 16.2. The number of imide groups is 2. The molecule has 2 heterocycles. The van der Waals surface area contributed by atoms with Crippen molar-refractivity contribution in [2.45, 2.75) is 89.9 Å². The Morgan fingerprint density at radius 3 is 1.43 bits per heavy atom. The Kier molecular flexibility index (Phi) is 11.3. The summed E-state index contributed by atoms with van der Waals surface area (Å²) in [5, 5.41) is 5.72. The van der Waals surface area contributed by atoms with E-state index in [0.29, 0.717) is 39.0 Å². The highest BCUT2D eigenvalue weighted by molar-refractivity contribution is 5.95. The summed E-state index contributed by atoms with van der Waals surface area (Å²) in [4.78, 5) is 50.7. The Labute approximate surface area is 180 Å². The van der Waals surface area contributed by atoms with Crippen LogP contribution < -0.4 is 10.6 Å². The molecular formula is C22H38N4O4. The molecular weight excluding hydrogens is 384 g/mol. The Bertz CT molecular complexity index is 531. The van der Waals surface area contributed by atoms with Gasteiger partial charge < -0.3 is 10.6 Å². The summed E-state index contributed by atoms with van der Waals surface area (Å²) in [6.45, 7) is 2.27. The van der Waals surface area contributed by atoms with Gasteiger partial charge in [0.05, 0.1) is 0 Å². The van der Waals surface area contributed by atoms with Crippen molar-refractivity contribution in [3.05, 3.63) is 0 Å². The first-order valence-corrected chi connectivity index (χ1v) is 11.8. The van der Waals surface area contributed by atoms with Gasteiger partial charge >= 0.3 is 12.1 Å². The lowest BCUT2D eigenvalue weighted by molar-refractivity contribution is -0.128. The molecule has 0 bridgehead atoms. The summed E-state index contributed by atoms with van der Waals surface area (Å²) in [6, 6.07) is -0.499. The van der Waals surface area contributed by atoms with Crippen molar-refractivity contribution < 1.29 is 19.2 Å². The molecule has 0 saturated carbocycles. The Hall–Kier alpha value is -2.12. The van der Waals surface area contributed by atoms with Gasteiger partial charge in [-0.3, -0.25) is 19.4 Å². The lowest BCUT2D eigenvalue weighted by Gasteiger charge is -2.19. The number of unbranched alkanes of at least 4 members (excludes halogenated alkanes) is 5. The molecule has 0 spiro atoms. The predicted octanol–water partition coefficient (Wildman–Crippen LogP) is 3.55. The largest absolute Gasteiger partial charge is 0.338 e. The van der Waals surface area contributed by atoms with Gasteiger partial charge in [-0.1, -0.05) is 38.5 Å². The number of urea groups is 2. The number of hydrogen-bond donors (Lipinski definition) is 2. The SMILES string of the molecule is O=C1CCCCCN1C(=O)NCCCCCCCCNC(=O)N1CCCCCC1=O. The Morgan fingerprint density at radius 2 is 1.00 bits per heavy atom. The Morgan fingerprint density at radius 1 is 0.600 bits per heavy atom.